The molecule has 0 saturated carbocycles. The Kier molecular flexibility index (Phi) is 3.38. The number of carbonyl (C=O) groups is 1. The zero-order valence-corrected chi connectivity index (χ0v) is 11.4. The molecule has 2 aromatic rings. The minimum Gasteiger partial charge on any atom is -0.464 e. The molecule has 0 bridgehead atoms. The molecule has 18 heavy (non-hydrogen) atoms. The van der Waals surface area contributed by atoms with Crippen LogP contribution >= 0.6 is 11.3 Å². The molecule has 96 valence electrons. The van der Waals surface area contributed by atoms with Crippen LogP contribution in [-0.2, 0) is 11.3 Å². The molecule has 0 atom stereocenters. The minimum atomic E-state index is -0.503. The highest BCUT2D eigenvalue weighted by atomic mass is 32.1. The first kappa shape index (κ1) is 12.6. The summed E-state index contributed by atoms with van der Waals surface area (Å²) in [6.07, 6.45) is 0. The van der Waals surface area contributed by atoms with Crippen LogP contribution in [0.2, 0.25) is 0 Å². The number of hydrogen-bond donors (Lipinski definition) is 1. The molecular weight excluding hydrogens is 250 g/mol. The number of nitrogens with zero attached hydrogens (tertiary/aromatic N) is 2. The van der Waals surface area contributed by atoms with Crippen molar-refractivity contribution in [2.75, 3.05) is 12.8 Å². The van der Waals surface area contributed by atoms with E-state index in [4.69, 9.17) is 5.73 Å². The van der Waals surface area contributed by atoms with Crippen molar-refractivity contribution < 1.29 is 9.53 Å². The van der Waals surface area contributed by atoms with Crippen molar-refractivity contribution in [2.24, 2.45) is 0 Å². The van der Waals surface area contributed by atoms with Gasteiger partial charge >= 0.3 is 5.97 Å². The van der Waals surface area contributed by atoms with Gasteiger partial charge in [-0.15, -0.1) is 0 Å². The standard InChI is InChI=1S/C12H15N3O2S/c1-7-5-18-6-9(7)4-15-8(2)14-10(11(15)13)12(16)17-3/h5-6H,4,13H2,1-3H3. The topological polar surface area (TPSA) is 70.1 Å². The Bertz CT molecular complexity index is 586. The Balaban J connectivity index is 2.37. The predicted octanol–water partition coefficient (Wildman–Crippen LogP) is 1.98. The summed E-state index contributed by atoms with van der Waals surface area (Å²) < 4.78 is 6.47. The maximum Gasteiger partial charge on any atom is 0.360 e. The Labute approximate surface area is 109 Å². The Morgan fingerprint density at radius 2 is 2.22 bits per heavy atom. The highest BCUT2D eigenvalue weighted by Crippen LogP contribution is 2.20. The van der Waals surface area contributed by atoms with Crippen molar-refractivity contribution >= 4 is 23.1 Å². The molecule has 0 fully saturated rings. The molecule has 0 aliphatic rings. The molecule has 0 aliphatic heterocycles. The highest BCUT2D eigenvalue weighted by molar-refractivity contribution is 7.08. The predicted molar refractivity (Wildman–Crippen MR) is 70.9 cm³/mol. The number of aryl methyl sites for hydroxylation is 2. The fourth-order valence-corrected chi connectivity index (χ4v) is 2.60. The number of nitrogens with two attached hydrogens (primary N) is 1. The van der Waals surface area contributed by atoms with Gasteiger partial charge in [-0.2, -0.15) is 11.3 Å². The van der Waals surface area contributed by atoms with Crippen LogP contribution in [0.3, 0.4) is 0 Å². The van der Waals surface area contributed by atoms with Gasteiger partial charge in [0, 0.05) is 0 Å². The van der Waals surface area contributed by atoms with Gasteiger partial charge in [0.25, 0.3) is 0 Å². The molecule has 0 aromatic carbocycles. The van der Waals surface area contributed by atoms with Crippen molar-refractivity contribution in [3.63, 3.8) is 0 Å². The van der Waals surface area contributed by atoms with Crippen LogP contribution in [0, 0.1) is 13.8 Å². The normalized spacial score (nSPS) is 10.6. The number of thiophene rings is 1. The van der Waals surface area contributed by atoms with Gasteiger partial charge in [-0.25, -0.2) is 9.78 Å². The average molecular weight is 265 g/mol. The number of methoxy groups -OCH3 is 1. The van der Waals surface area contributed by atoms with Crippen LogP contribution in [-0.4, -0.2) is 22.6 Å². The van der Waals surface area contributed by atoms with Gasteiger partial charge in [0.2, 0.25) is 0 Å². The van der Waals surface area contributed by atoms with Crippen LogP contribution in [0.15, 0.2) is 10.8 Å². The molecule has 5 nitrogen and oxygen atoms in total. The van der Waals surface area contributed by atoms with Crippen molar-refractivity contribution in [3.8, 4) is 0 Å². The monoisotopic (exact) mass is 265 g/mol. The quantitative estimate of drug-likeness (QED) is 0.861. The van der Waals surface area contributed by atoms with E-state index >= 15 is 0 Å². The van der Waals surface area contributed by atoms with Crippen molar-refractivity contribution in [2.45, 2.75) is 20.4 Å². The van der Waals surface area contributed by atoms with E-state index in [-0.39, 0.29) is 5.69 Å². The summed E-state index contributed by atoms with van der Waals surface area (Å²) in [4.78, 5) is 15.7. The first-order valence-electron chi connectivity index (χ1n) is 5.47. The molecular formula is C12H15N3O2S. The number of esters is 1. The molecule has 0 saturated heterocycles. The van der Waals surface area contributed by atoms with Crippen molar-refractivity contribution in [3.05, 3.63) is 33.4 Å². The number of ether oxygens (including phenoxy) is 1. The summed E-state index contributed by atoms with van der Waals surface area (Å²) in [6.45, 7) is 4.50. The summed E-state index contributed by atoms with van der Waals surface area (Å²) in [6, 6.07) is 0. The molecule has 0 amide bonds. The average Bonchev–Trinajstić information content (AvgIpc) is 2.87. The number of nitrogen functional groups attached to an aromatic ring is 1. The van der Waals surface area contributed by atoms with E-state index in [1.165, 1.54) is 18.2 Å². The second-order valence-electron chi connectivity index (χ2n) is 4.05. The lowest BCUT2D eigenvalue weighted by atomic mass is 10.2. The minimum absolute atomic E-state index is 0.183. The lowest BCUT2D eigenvalue weighted by molar-refractivity contribution is 0.0595. The summed E-state index contributed by atoms with van der Waals surface area (Å²) in [7, 11) is 1.32. The van der Waals surface area contributed by atoms with E-state index in [9.17, 15) is 4.79 Å². The Hall–Kier alpha value is -1.82. The maximum atomic E-state index is 11.5. The molecule has 6 heteroatoms. The van der Waals surface area contributed by atoms with Gasteiger partial charge in [0.15, 0.2) is 5.69 Å². The molecule has 0 aliphatic carbocycles. The van der Waals surface area contributed by atoms with Gasteiger partial charge in [0.1, 0.15) is 11.6 Å². The second-order valence-corrected chi connectivity index (χ2v) is 4.79. The van der Waals surface area contributed by atoms with Gasteiger partial charge in [0.05, 0.1) is 13.7 Å². The largest absolute Gasteiger partial charge is 0.464 e. The van der Waals surface area contributed by atoms with Crippen molar-refractivity contribution in [1.29, 1.82) is 0 Å². The van der Waals surface area contributed by atoms with E-state index < -0.39 is 5.97 Å². The van der Waals surface area contributed by atoms with Crippen LogP contribution < -0.4 is 5.73 Å². The lowest BCUT2D eigenvalue weighted by Gasteiger charge is -2.07. The SMILES string of the molecule is COC(=O)c1nc(C)n(Cc2cscc2C)c1N. The third-order valence-corrected chi connectivity index (χ3v) is 3.78. The summed E-state index contributed by atoms with van der Waals surface area (Å²) in [5, 5.41) is 4.16. The number of carbonyl (C=O) groups excluding carboxylic acids is 1. The number of anilines is 1. The van der Waals surface area contributed by atoms with Crippen LogP contribution in [0.4, 0.5) is 5.82 Å². The van der Waals surface area contributed by atoms with E-state index in [0.717, 1.165) is 0 Å². The first-order chi connectivity index (χ1) is 8.54. The molecule has 0 spiro atoms. The Morgan fingerprint density at radius 3 is 2.78 bits per heavy atom. The Morgan fingerprint density at radius 1 is 1.50 bits per heavy atom. The number of imidazole rings is 1. The molecule has 2 aromatic heterocycles. The van der Waals surface area contributed by atoms with Crippen LogP contribution in [0.5, 0.6) is 0 Å². The fraction of sp³-hybridized carbons (Fsp3) is 0.333. The molecule has 2 N–H and O–H groups in total. The summed E-state index contributed by atoms with van der Waals surface area (Å²) in [5.74, 6) is 0.555. The lowest BCUT2D eigenvalue weighted by Crippen LogP contribution is -2.09. The van der Waals surface area contributed by atoms with Crippen molar-refractivity contribution in [1.82, 2.24) is 9.55 Å². The number of rotatable bonds is 3. The van der Waals surface area contributed by atoms with Gasteiger partial charge in [-0.3, -0.25) is 0 Å². The molecule has 0 unspecified atom stereocenters. The number of hydrogen-bond acceptors (Lipinski definition) is 5. The van der Waals surface area contributed by atoms with E-state index in [2.05, 4.69) is 27.4 Å². The van der Waals surface area contributed by atoms with Crippen LogP contribution in [0.25, 0.3) is 0 Å². The van der Waals surface area contributed by atoms with Gasteiger partial charge < -0.3 is 15.0 Å². The molecule has 0 radical (unpaired) electrons. The van der Waals surface area contributed by atoms with E-state index in [1.54, 1.807) is 11.3 Å². The zero-order chi connectivity index (χ0) is 13.3. The van der Waals surface area contributed by atoms with E-state index in [0.29, 0.717) is 18.2 Å². The van der Waals surface area contributed by atoms with Crippen LogP contribution in [0.1, 0.15) is 27.4 Å². The third kappa shape index (κ3) is 2.11. The first-order valence-corrected chi connectivity index (χ1v) is 6.41. The summed E-state index contributed by atoms with van der Waals surface area (Å²) >= 11 is 1.65. The number of aromatic nitrogens is 2. The third-order valence-electron chi connectivity index (χ3n) is 2.87. The van der Waals surface area contributed by atoms with Gasteiger partial charge in [-0.1, -0.05) is 0 Å². The second kappa shape index (κ2) is 4.81. The maximum absolute atomic E-state index is 11.5. The molecule has 2 rings (SSSR count). The highest BCUT2D eigenvalue weighted by Gasteiger charge is 2.19. The van der Waals surface area contributed by atoms with E-state index in [1.807, 2.05) is 11.5 Å². The zero-order valence-electron chi connectivity index (χ0n) is 10.6. The summed E-state index contributed by atoms with van der Waals surface area (Å²) in [5.41, 5.74) is 8.53. The fourth-order valence-electron chi connectivity index (χ4n) is 1.75. The smallest absolute Gasteiger partial charge is 0.360 e. The molecule has 2 heterocycles. The van der Waals surface area contributed by atoms with Gasteiger partial charge in [-0.05, 0) is 35.7 Å².